The molecule has 0 fully saturated rings. The third-order valence-corrected chi connectivity index (χ3v) is 5.96. The minimum atomic E-state index is -0.225. The Morgan fingerprint density at radius 3 is 2.68 bits per heavy atom. The molecule has 162 valence electrons. The van der Waals surface area contributed by atoms with E-state index >= 15 is 0 Å². The molecule has 0 aliphatic heterocycles. The number of hydrogen-bond donors (Lipinski definition) is 1. The van der Waals surface area contributed by atoms with Crippen LogP contribution >= 0.6 is 27.3 Å². The molecule has 0 saturated carbocycles. The smallest absolute Gasteiger partial charge is 0.254 e. The number of methoxy groups -OCH3 is 1. The van der Waals surface area contributed by atoms with Crippen molar-refractivity contribution in [2.24, 2.45) is 0 Å². The fourth-order valence-corrected chi connectivity index (χ4v) is 4.09. The lowest BCUT2D eigenvalue weighted by Gasteiger charge is -2.23. The molecular weight excluding hydrogens is 480 g/mol. The molecule has 0 unspecified atom stereocenters. The number of anilines is 1. The molecule has 9 heteroatoms. The van der Waals surface area contributed by atoms with Crippen LogP contribution in [0.3, 0.4) is 0 Å². The van der Waals surface area contributed by atoms with Crippen molar-refractivity contribution in [2.75, 3.05) is 32.1 Å². The summed E-state index contributed by atoms with van der Waals surface area (Å²) < 4.78 is 6.07. The van der Waals surface area contributed by atoms with Gasteiger partial charge in [-0.15, -0.1) is 10.2 Å². The maximum Gasteiger partial charge on any atom is 0.254 e. The predicted molar refractivity (Wildman–Crippen MR) is 125 cm³/mol. The van der Waals surface area contributed by atoms with Crippen molar-refractivity contribution >= 4 is 44.2 Å². The monoisotopic (exact) mass is 502 g/mol. The van der Waals surface area contributed by atoms with E-state index in [-0.39, 0.29) is 24.8 Å². The number of carbonyl (C=O) groups excluding carboxylic acids is 2. The highest BCUT2D eigenvalue weighted by atomic mass is 79.9. The Kier molecular flexibility index (Phi) is 8.27. The summed E-state index contributed by atoms with van der Waals surface area (Å²) in [5.41, 5.74) is 2.44. The van der Waals surface area contributed by atoms with Crippen LogP contribution in [0, 0.1) is 6.92 Å². The average molecular weight is 503 g/mol. The van der Waals surface area contributed by atoms with Gasteiger partial charge in [-0.05, 0) is 30.7 Å². The molecule has 3 aromatic rings. The second-order valence-corrected chi connectivity index (χ2v) is 8.71. The van der Waals surface area contributed by atoms with Gasteiger partial charge in [-0.2, -0.15) is 0 Å². The average Bonchev–Trinajstić information content (AvgIpc) is 3.22. The summed E-state index contributed by atoms with van der Waals surface area (Å²) in [7, 11) is 1.58. The SMILES string of the molecule is COCCN(CCC(=O)Nc1nnc(-c2cccc(Br)c2)s1)C(=O)c1ccccc1C. The fourth-order valence-electron chi connectivity index (χ4n) is 2.93. The van der Waals surface area contributed by atoms with Crippen molar-refractivity contribution in [1.29, 1.82) is 0 Å². The highest BCUT2D eigenvalue weighted by Crippen LogP contribution is 2.28. The van der Waals surface area contributed by atoms with Crippen LogP contribution in [0.25, 0.3) is 10.6 Å². The van der Waals surface area contributed by atoms with Crippen LogP contribution in [0.1, 0.15) is 22.3 Å². The maximum atomic E-state index is 12.9. The number of aryl methyl sites for hydroxylation is 1. The number of nitrogens with zero attached hydrogens (tertiary/aromatic N) is 3. The zero-order valence-corrected chi connectivity index (χ0v) is 19.7. The van der Waals surface area contributed by atoms with Crippen molar-refractivity contribution in [3.05, 3.63) is 64.1 Å². The van der Waals surface area contributed by atoms with Crippen molar-refractivity contribution < 1.29 is 14.3 Å². The second-order valence-electron chi connectivity index (χ2n) is 6.82. The highest BCUT2D eigenvalue weighted by Gasteiger charge is 2.19. The normalized spacial score (nSPS) is 10.7. The molecule has 2 aromatic carbocycles. The number of benzene rings is 2. The number of amides is 2. The molecule has 2 amide bonds. The molecule has 0 saturated heterocycles. The van der Waals surface area contributed by atoms with Crippen molar-refractivity contribution in [1.82, 2.24) is 15.1 Å². The number of halogens is 1. The predicted octanol–water partition coefficient (Wildman–Crippen LogP) is 4.39. The van der Waals surface area contributed by atoms with Crippen LogP contribution in [0.2, 0.25) is 0 Å². The summed E-state index contributed by atoms with van der Waals surface area (Å²) in [6.45, 7) is 2.97. The maximum absolute atomic E-state index is 12.9. The Morgan fingerprint density at radius 1 is 1.13 bits per heavy atom. The number of aromatic nitrogens is 2. The van der Waals surface area contributed by atoms with Crippen molar-refractivity contribution in [3.8, 4) is 10.6 Å². The number of carbonyl (C=O) groups is 2. The number of rotatable bonds is 9. The molecule has 3 rings (SSSR count). The van der Waals surface area contributed by atoms with Gasteiger partial charge in [0.05, 0.1) is 6.61 Å². The number of ether oxygens (including phenoxy) is 1. The lowest BCUT2D eigenvalue weighted by Crippen LogP contribution is -2.36. The third kappa shape index (κ3) is 6.43. The van der Waals surface area contributed by atoms with Gasteiger partial charge in [0.1, 0.15) is 5.01 Å². The fraction of sp³-hybridized carbons (Fsp3) is 0.273. The summed E-state index contributed by atoms with van der Waals surface area (Å²) in [6, 6.07) is 15.1. The first-order valence-electron chi connectivity index (χ1n) is 9.71. The Balaban J connectivity index is 1.61. The standard InChI is InChI=1S/C22H23BrN4O3S/c1-15-6-3-4-9-18(15)21(29)27(12-13-30-2)11-10-19(28)24-22-26-25-20(31-22)16-7-5-8-17(23)14-16/h3-9,14H,10-13H2,1-2H3,(H,24,26,28). The minimum absolute atomic E-state index is 0.115. The Hall–Kier alpha value is -2.62. The van der Waals surface area contributed by atoms with Gasteiger partial charge in [0.25, 0.3) is 5.91 Å². The molecular formula is C22H23BrN4O3S. The summed E-state index contributed by atoms with van der Waals surface area (Å²) >= 11 is 4.74. The van der Waals surface area contributed by atoms with Gasteiger partial charge < -0.3 is 15.0 Å². The van der Waals surface area contributed by atoms with Gasteiger partial charge in [-0.25, -0.2) is 0 Å². The molecule has 0 aliphatic rings. The zero-order chi connectivity index (χ0) is 22.2. The van der Waals surface area contributed by atoms with Crippen LogP contribution < -0.4 is 5.32 Å². The molecule has 0 atom stereocenters. The van der Waals surface area contributed by atoms with Crippen LogP contribution in [-0.4, -0.2) is 53.7 Å². The molecule has 1 N–H and O–H groups in total. The first-order valence-corrected chi connectivity index (χ1v) is 11.3. The van der Waals surface area contributed by atoms with E-state index in [1.165, 1.54) is 11.3 Å². The van der Waals surface area contributed by atoms with E-state index < -0.39 is 0 Å². The number of hydrogen-bond acceptors (Lipinski definition) is 6. The lowest BCUT2D eigenvalue weighted by molar-refractivity contribution is -0.116. The van der Waals surface area contributed by atoms with E-state index in [2.05, 4.69) is 31.4 Å². The largest absolute Gasteiger partial charge is 0.383 e. The zero-order valence-electron chi connectivity index (χ0n) is 17.3. The minimum Gasteiger partial charge on any atom is -0.383 e. The Bertz CT molecular complexity index is 1060. The van der Waals surface area contributed by atoms with Crippen LogP contribution in [0.4, 0.5) is 5.13 Å². The van der Waals surface area contributed by atoms with Gasteiger partial charge in [0.15, 0.2) is 0 Å². The number of nitrogens with one attached hydrogen (secondary N) is 1. The van der Waals surface area contributed by atoms with E-state index in [0.717, 1.165) is 15.6 Å². The Morgan fingerprint density at radius 2 is 1.94 bits per heavy atom. The topological polar surface area (TPSA) is 84.4 Å². The van der Waals surface area contributed by atoms with E-state index in [1.54, 1.807) is 18.1 Å². The van der Waals surface area contributed by atoms with Gasteiger partial charge >= 0.3 is 0 Å². The van der Waals surface area contributed by atoms with Crippen molar-refractivity contribution in [2.45, 2.75) is 13.3 Å². The molecule has 0 aliphatic carbocycles. The highest BCUT2D eigenvalue weighted by molar-refractivity contribution is 9.10. The lowest BCUT2D eigenvalue weighted by atomic mass is 10.1. The van der Waals surface area contributed by atoms with Gasteiger partial charge in [-0.3, -0.25) is 9.59 Å². The molecule has 0 spiro atoms. The molecule has 0 radical (unpaired) electrons. The van der Waals surface area contributed by atoms with E-state index in [4.69, 9.17) is 4.74 Å². The first kappa shape index (κ1) is 23.1. The van der Waals surface area contributed by atoms with E-state index in [0.29, 0.717) is 28.9 Å². The molecule has 0 bridgehead atoms. The van der Waals surface area contributed by atoms with E-state index in [9.17, 15) is 9.59 Å². The molecule has 1 heterocycles. The summed E-state index contributed by atoms with van der Waals surface area (Å²) in [5.74, 6) is -0.340. The quantitative estimate of drug-likeness (QED) is 0.468. The van der Waals surface area contributed by atoms with E-state index in [1.807, 2.05) is 49.4 Å². The second kappa shape index (κ2) is 11.1. The Labute approximate surface area is 193 Å². The van der Waals surface area contributed by atoms with Crippen molar-refractivity contribution in [3.63, 3.8) is 0 Å². The summed E-state index contributed by atoms with van der Waals surface area (Å²) in [4.78, 5) is 27.0. The first-order chi connectivity index (χ1) is 15.0. The molecule has 7 nitrogen and oxygen atoms in total. The summed E-state index contributed by atoms with van der Waals surface area (Å²) in [5, 5.41) is 12.1. The molecule has 1 aromatic heterocycles. The van der Waals surface area contributed by atoms with Crippen LogP contribution in [0.5, 0.6) is 0 Å². The van der Waals surface area contributed by atoms with Gasteiger partial charge in [-0.1, -0.05) is 57.6 Å². The third-order valence-electron chi connectivity index (χ3n) is 4.58. The van der Waals surface area contributed by atoms with Crippen LogP contribution in [-0.2, 0) is 9.53 Å². The van der Waals surface area contributed by atoms with Gasteiger partial charge in [0.2, 0.25) is 11.0 Å². The van der Waals surface area contributed by atoms with Gasteiger partial charge in [0, 0.05) is 42.2 Å². The van der Waals surface area contributed by atoms with Crippen LogP contribution in [0.15, 0.2) is 53.0 Å². The summed E-state index contributed by atoms with van der Waals surface area (Å²) in [6.07, 6.45) is 0.146. The molecule has 31 heavy (non-hydrogen) atoms.